The number of hydrogen-bond donors (Lipinski definition) is 0. The third-order valence-corrected chi connectivity index (χ3v) is 3.75. The van der Waals surface area contributed by atoms with Gasteiger partial charge < -0.3 is 9.47 Å². The Hall–Kier alpha value is -2.39. The molecule has 0 aromatic heterocycles. The maximum absolute atomic E-state index is 11.7. The molecule has 0 fully saturated rings. The summed E-state index contributed by atoms with van der Waals surface area (Å²) in [6, 6.07) is 13.7. The molecule has 0 saturated heterocycles. The van der Waals surface area contributed by atoms with Gasteiger partial charge in [-0.05, 0) is 34.4 Å². The molecule has 0 heterocycles. The monoisotopic (exact) mass is 280 g/mol. The Balaban J connectivity index is 2.18. The Kier molecular flexibility index (Phi) is 3.59. The van der Waals surface area contributed by atoms with Gasteiger partial charge in [0.1, 0.15) is 6.10 Å². The third-order valence-electron chi connectivity index (χ3n) is 3.75. The summed E-state index contributed by atoms with van der Waals surface area (Å²) >= 11 is 0. The van der Waals surface area contributed by atoms with Crippen LogP contribution in [0.1, 0.15) is 38.7 Å². The van der Waals surface area contributed by atoms with Gasteiger partial charge in [-0.15, -0.1) is 0 Å². The molecule has 1 aliphatic rings. The lowest BCUT2D eigenvalue weighted by molar-refractivity contribution is 0.0600. The minimum atomic E-state index is -0.339. The fraction of sp³-hybridized carbons (Fsp3) is 0.167. The summed E-state index contributed by atoms with van der Waals surface area (Å²) in [7, 11) is 3.07. The van der Waals surface area contributed by atoms with Gasteiger partial charge in [-0.3, -0.25) is 0 Å². The molecule has 3 nitrogen and oxygen atoms in total. The summed E-state index contributed by atoms with van der Waals surface area (Å²) in [4.78, 5) is 11.7. The molecule has 0 spiro atoms. The van der Waals surface area contributed by atoms with Crippen LogP contribution in [0.4, 0.5) is 0 Å². The van der Waals surface area contributed by atoms with Gasteiger partial charge in [-0.2, -0.15) is 0 Å². The van der Waals surface area contributed by atoms with E-state index in [1.54, 1.807) is 13.2 Å². The van der Waals surface area contributed by atoms with E-state index in [1.807, 2.05) is 36.4 Å². The molecule has 0 radical (unpaired) electrons. The van der Waals surface area contributed by atoms with Crippen LogP contribution in [-0.2, 0) is 9.47 Å². The molecule has 21 heavy (non-hydrogen) atoms. The average Bonchev–Trinajstić information content (AvgIpc) is 2.69. The average molecular weight is 280 g/mol. The van der Waals surface area contributed by atoms with Crippen molar-refractivity contribution in [1.82, 2.24) is 0 Å². The van der Waals surface area contributed by atoms with Gasteiger partial charge in [0.2, 0.25) is 0 Å². The van der Waals surface area contributed by atoms with E-state index in [0.717, 1.165) is 22.3 Å². The second kappa shape index (κ2) is 5.54. The molecule has 3 heteroatoms. The van der Waals surface area contributed by atoms with Gasteiger partial charge in [0.25, 0.3) is 0 Å². The lowest BCUT2D eigenvalue weighted by Gasteiger charge is -2.19. The van der Waals surface area contributed by atoms with Crippen molar-refractivity contribution in [2.24, 2.45) is 0 Å². The van der Waals surface area contributed by atoms with E-state index < -0.39 is 0 Å². The quantitative estimate of drug-likeness (QED) is 0.787. The zero-order chi connectivity index (χ0) is 14.8. The largest absolute Gasteiger partial charge is 0.465 e. The number of ether oxygens (including phenoxy) is 2. The summed E-state index contributed by atoms with van der Waals surface area (Å²) in [5.74, 6) is -0.339. The van der Waals surface area contributed by atoms with Crippen molar-refractivity contribution in [3.63, 3.8) is 0 Å². The summed E-state index contributed by atoms with van der Waals surface area (Å²) < 4.78 is 10.5. The van der Waals surface area contributed by atoms with Crippen LogP contribution in [0.2, 0.25) is 0 Å². The molecular weight excluding hydrogens is 264 g/mol. The van der Waals surface area contributed by atoms with Crippen LogP contribution in [0.25, 0.3) is 12.2 Å². The third kappa shape index (κ3) is 2.36. The molecule has 0 bridgehead atoms. The molecule has 2 aromatic carbocycles. The Morgan fingerprint density at radius 1 is 0.952 bits per heavy atom. The first-order chi connectivity index (χ1) is 10.2. The number of esters is 1. The highest BCUT2D eigenvalue weighted by Gasteiger charge is 2.22. The summed E-state index contributed by atoms with van der Waals surface area (Å²) in [5.41, 5.74) is 4.77. The van der Waals surface area contributed by atoms with Crippen molar-refractivity contribution < 1.29 is 14.3 Å². The molecule has 0 saturated carbocycles. The molecule has 0 unspecified atom stereocenters. The van der Waals surface area contributed by atoms with Gasteiger partial charge in [-0.1, -0.05) is 42.5 Å². The zero-order valence-electron chi connectivity index (χ0n) is 12.0. The first-order valence-electron chi connectivity index (χ1n) is 6.76. The maximum atomic E-state index is 11.7. The fourth-order valence-electron chi connectivity index (χ4n) is 2.70. The summed E-state index contributed by atoms with van der Waals surface area (Å²) in [6.45, 7) is 0. The molecule has 0 N–H and O–H groups in total. The van der Waals surface area contributed by atoms with Gasteiger partial charge in [0.05, 0.1) is 12.7 Å². The minimum absolute atomic E-state index is 0.198. The first-order valence-corrected chi connectivity index (χ1v) is 6.76. The Morgan fingerprint density at radius 3 is 2.38 bits per heavy atom. The maximum Gasteiger partial charge on any atom is 0.337 e. The lowest BCUT2D eigenvalue weighted by Crippen LogP contribution is -2.08. The molecule has 0 amide bonds. The van der Waals surface area contributed by atoms with Gasteiger partial charge in [-0.25, -0.2) is 4.79 Å². The van der Waals surface area contributed by atoms with Crippen molar-refractivity contribution in [1.29, 1.82) is 0 Å². The smallest absolute Gasteiger partial charge is 0.337 e. The van der Waals surface area contributed by atoms with Crippen molar-refractivity contribution in [3.8, 4) is 0 Å². The van der Waals surface area contributed by atoms with Crippen molar-refractivity contribution >= 4 is 18.1 Å². The summed E-state index contributed by atoms with van der Waals surface area (Å²) in [6.07, 6.45) is 3.93. The highest BCUT2D eigenvalue weighted by atomic mass is 16.5. The predicted molar refractivity (Wildman–Crippen MR) is 82.0 cm³/mol. The lowest BCUT2D eigenvalue weighted by atomic mass is 9.95. The Morgan fingerprint density at radius 2 is 1.67 bits per heavy atom. The zero-order valence-corrected chi connectivity index (χ0v) is 12.0. The molecule has 0 aliphatic heterocycles. The predicted octanol–water partition coefficient (Wildman–Crippen LogP) is 3.69. The number of benzene rings is 2. The molecule has 106 valence electrons. The number of methoxy groups -OCH3 is 2. The minimum Gasteiger partial charge on any atom is -0.465 e. The molecule has 1 aliphatic carbocycles. The number of carbonyl (C=O) groups excluding carboxylic acids is 1. The topological polar surface area (TPSA) is 35.5 Å². The van der Waals surface area contributed by atoms with Crippen LogP contribution in [0.5, 0.6) is 0 Å². The second-order valence-electron chi connectivity index (χ2n) is 4.91. The van der Waals surface area contributed by atoms with Crippen LogP contribution >= 0.6 is 0 Å². The molecule has 3 rings (SSSR count). The van der Waals surface area contributed by atoms with Gasteiger partial charge in [0, 0.05) is 7.11 Å². The van der Waals surface area contributed by atoms with Crippen molar-refractivity contribution in [3.05, 3.63) is 70.3 Å². The SMILES string of the molecule is COC(=O)c1ccc2c(c1)[C@@H](OC)c1ccccc1C=C2. The van der Waals surface area contributed by atoms with E-state index in [2.05, 4.69) is 12.1 Å². The number of carbonyl (C=O) groups is 1. The van der Waals surface area contributed by atoms with Crippen LogP contribution in [0.15, 0.2) is 42.5 Å². The van der Waals surface area contributed by atoms with E-state index in [0.29, 0.717) is 5.56 Å². The van der Waals surface area contributed by atoms with E-state index in [1.165, 1.54) is 7.11 Å². The molecule has 2 aromatic rings. The highest BCUT2D eigenvalue weighted by Crippen LogP contribution is 2.35. The highest BCUT2D eigenvalue weighted by molar-refractivity contribution is 5.90. The van der Waals surface area contributed by atoms with Gasteiger partial charge in [0.15, 0.2) is 0 Å². The second-order valence-corrected chi connectivity index (χ2v) is 4.91. The number of fused-ring (bicyclic) bond motifs is 2. The molecule has 1 atom stereocenters. The normalized spacial score (nSPS) is 15.8. The standard InChI is InChI=1S/C18H16O3/c1-20-17-15-6-4-3-5-12(15)7-8-13-9-10-14(11-16(13)17)18(19)21-2/h3-11,17H,1-2H3/t17-/m0/s1. The van der Waals surface area contributed by atoms with E-state index >= 15 is 0 Å². The van der Waals surface area contributed by atoms with Crippen LogP contribution < -0.4 is 0 Å². The van der Waals surface area contributed by atoms with Crippen LogP contribution in [0, 0.1) is 0 Å². The van der Waals surface area contributed by atoms with E-state index in [9.17, 15) is 4.79 Å². The van der Waals surface area contributed by atoms with E-state index in [-0.39, 0.29) is 12.1 Å². The van der Waals surface area contributed by atoms with Gasteiger partial charge >= 0.3 is 5.97 Å². The van der Waals surface area contributed by atoms with E-state index in [4.69, 9.17) is 9.47 Å². The summed E-state index contributed by atoms with van der Waals surface area (Å²) in [5, 5.41) is 0. The molecular formula is C18H16O3. The van der Waals surface area contributed by atoms with Crippen LogP contribution in [-0.4, -0.2) is 20.2 Å². The first kappa shape index (κ1) is 13.6. The number of rotatable bonds is 2. The van der Waals surface area contributed by atoms with Crippen LogP contribution in [0.3, 0.4) is 0 Å². The fourth-order valence-corrected chi connectivity index (χ4v) is 2.70. The Labute approximate surface area is 123 Å². The number of hydrogen-bond acceptors (Lipinski definition) is 3. The van der Waals surface area contributed by atoms with Crippen molar-refractivity contribution in [2.45, 2.75) is 6.10 Å². The Bertz CT molecular complexity index is 716. The van der Waals surface area contributed by atoms with Crippen molar-refractivity contribution in [2.75, 3.05) is 14.2 Å².